The molecule has 6 nitrogen and oxygen atoms in total. The first-order chi connectivity index (χ1) is 14.4. The highest BCUT2D eigenvalue weighted by Crippen LogP contribution is 2.29. The number of aromatic nitrogens is 3. The van der Waals surface area contributed by atoms with E-state index in [-0.39, 0.29) is 5.91 Å². The molecule has 0 spiro atoms. The summed E-state index contributed by atoms with van der Waals surface area (Å²) in [6.45, 7) is 4.75. The van der Waals surface area contributed by atoms with Gasteiger partial charge in [-0.1, -0.05) is 18.2 Å². The number of pyridine rings is 1. The first-order valence-corrected chi connectivity index (χ1v) is 10.8. The summed E-state index contributed by atoms with van der Waals surface area (Å²) >= 11 is 0. The zero-order chi connectivity index (χ0) is 21.3. The Balaban J connectivity index is 1.62. The molecule has 4 rings (SSSR count). The molecule has 0 radical (unpaired) electrons. The maximum absolute atomic E-state index is 13.5. The summed E-state index contributed by atoms with van der Waals surface area (Å²) in [6.07, 6.45) is 5.34. The predicted octanol–water partition coefficient (Wildman–Crippen LogP) is 3.75. The molecule has 0 N–H and O–H groups in total. The standard InChI is InChI=1S/C24H31N5O/c1-17-21(16-28(4)26-17)23-15-20(19-7-5-6-8-22(19)25-23)24(30)29-13-10-18(11-14-29)9-12-27(2)3/h5-8,15-16,18H,9-14H2,1-4H3. The van der Waals surface area contributed by atoms with Crippen molar-refractivity contribution in [3.8, 4) is 11.3 Å². The van der Waals surface area contributed by atoms with Gasteiger partial charge in [0.05, 0.1) is 22.5 Å². The van der Waals surface area contributed by atoms with Crippen molar-refractivity contribution in [1.29, 1.82) is 0 Å². The van der Waals surface area contributed by atoms with Gasteiger partial charge in [0.15, 0.2) is 0 Å². The summed E-state index contributed by atoms with van der Waals surface area (Å²) in [5, 5.41) is 5.37. The van der Waals surface area contributed by atoms with E-state index in [9.17, 15) is 4.79 Å². The molecule has 2 aromatic heterocycles. The van der Waals surface area contributed by atoms with Crippen molar-refractivity contribution >= 4 is 16.8 Å². The topological polar surface area (TPSA) is 54.3 Å². The molecule has 1 amide bonds. The number of hydrogen-bond donors (Lipinski definition) is 0. The van der Waals surface area contributed by atoms with Crippen LogP contribution in [0.25, 0.3) is 22.2 Å². The van der Waals surface area contributed by atoms with Gasteiger partial charge in [0.2, 0.25) is 0 Å². The number of rotatable bonds is 5. The van der Waals surface area contributed by atoms with Crippen LogP contribution < -0.4 is 0 Å². The zero-order valence-electron chi connectivity index (χ0n) is 18.4. The Morgan fingerprint density at radius 1 is 1.20 bits per heavy atom. The molecule has 1 aliphatic rings. The minimum Gasteiger partial charge on any atom is -0.339 e. The third kappa shape index (κ3) is 4.24. The molecule has 0 bridgehead atoms. The van der Waals surface area contributed by atoms with Gasteiger partial charge in [-0.2, -0.15) is 5.10 Å². The number of amides is 1. The van der Waals surface area contributed by atoms with E-state index in [4.69, 9.17) is 4.98 Å². The molecule has 0 saturated carbocycles. The predicted molar refractivity (Wildman–Crippen MR) is 120 cm³/mol. The van der Waals surface area contributed by atoms with Crippen LogP contribution in [-0.2, 0) is 7.05 Å². The van der Waals surface area contributed by atoms with Crippen LogP contribution >= 0.6 is 0 Å². The molecule has 3 heterocycles. The third-order valence-corrected chi connectivity index (χ3v) is 6.12. The minimum absolute atomic E-state index is 0.113. The second kappa shape index (κ2) is 8.56. The van der Waals surface area contributed by atoms with Crippen molar-refractivity contribution < 1.29 is 4.79 Å². The van der Waals surface area contributed by atoms with Crippen molar-refractivity contribution in [2.45, 2.75) is 26.2 Å². The lowest BCUT2D eigenvalue weighted by Crippen LogP contribution is -2.39. The first kappa shape index (κ1) is 20.5. The summed E-state index contributed by atoms with van der Waals surface area (Å²) in [5.74, 6) is 0.821. The fraction of sp³-hybridized carbons (Fsp3) is 0.458. The largest absolute Gasteiger partial charge is 0.339 e. The summed E-state index contributed by atoms with van der Waals surface area (Å²) in [7, 11) is 6.15. The number of piperidine rings is 1. The van der Waals surface area contributed by atoms with Crippen molar-refractivity contribution in [2.75, 3.05) is 33.7 Å². The van der Waals surface area contributed by atoms with Gasteiger partial charge in [0, 0.05) is 37.3 Å². The molecule has 1 aliphatic heterocycles. The Labute approximate surface area is 178 Å². The molecule has 3 aromatic rings. The molecule has 6 heteroatoms. The van der Waals surface area contributed by atoms with E-state index in [1.165, 1.54) is 6.42 Å². The Morgan fingerprint density at radius 2 is 1.93 bits per heavy atom. The van der Waals surface area contributed by atoms with Gasteiger partial charge in [0.25, 0.3) is 5.91 Å². The van der Waals surface area contributed by atoms with Gasteiger partial charge in [-0.3, -0.25) is 9.48 Å². The average molecular weight is 406 g/mol. The number of fused-ring (bicyclic) bond motifs is 1. The molecule has 1 fully saturated rings. The number of para-hydroxylation sites is 1. The molecule has 0 atom stereocenters. The van der Waals surface area contributed by atoms with Gasteiger partial charge in [0.1, 0.15) is 0 Å². The smallest absolute Gasteiger partial charge is 0.254 e. The lowest BCUT2D eigenvalue weighted by molar-refractivity contribution is 0.0685. The molecular weight excluding hydrogens is 374 g/mol. The minimum atomic E-state index is 0.113. The SMILES string of the molecule is Cc1nn(C)cc1-c1cc(C(=O)N2CCC(CCN(C)C)CC2)c2ccccc2n1. The number of benzene rings is 1. The summed E-state index contributed by atoms with van der Waals surface area (Å²) in [5.41, 5.74) is 4.29. The van der Waals surface area contributed by atoms with Crippen molar-refractivity contribution in [2.24, 2.45) is 13.0 Å². The van der Waals surface area contributed by atoms with Crippen molar-refractivity contribution in [3.63, 3.8) is 0 Å². The lowest BCUT2D eigenvalue weighted by Gasteiger charge is -2.33. The number of hydrogen-bond acceptors (Lipinski definition) is 4. The van der Waals surface area contributed by atoms with Crippen LogP contribution in [0.3, 0.4) is 0 Å². The highest BCUT2D eigenvalue weighted by atomic mass is 16.2. The molecule has 30 heavy (non-hydrogen) atoms. The molecule has 1 aromatic carbocycles. The van der Waals surface area contributed by atoms with Crippen LogP contribution in [0.15, 0.2) is 36.5 Å². The Morgan fingerprint density at radius 3 is 2.60 bits per heavy atom. The normalized spacial score (nSPS) is 15.3. The fourth-order valence-electron chi connectivity index (χ4n) is 4.38. The van der Waals surface area contributed by atoms with E-state index in [1.807, 2.05) is 55.4 Å². The van der Waals surface area contributed by atoms with E-state index in [2.05, 4.69) is 24.1 Å². The van der Waals surface area contributed by atoms with Gasteiger partial charge in [-0.15, -0.1) is 0 Å². The molecule has 0 unspecified atom stereocenters. The first-order valence-electron chi connectivity index (χ1n) is 10.8. The highest BCUT2D eigenvalue weighted by Gasteiger charge is 2.25. The number of likely N-dealkylation sites (tertiary alicyclic amines) is 1. The molecule has 0 aliphatic carbocycles. The Bertz CT molecular complexity index is 1050. The van der Waals surface area contributed by atoms with Crippen LogP contribution in [0.2, 0.25) is 0 Å². The summed E-state index contributed by atoms with van der Waals surface area (Å²) in [4.78, 5) is 22.6. The summed E-state index contributed by atoms with van der Waals surface area (Å²) < 4.78 is 1.79. The van der Waals surface area contributed by atoms with Crippen molar-refractivity contribution in [3.05, 3.63) is 47.8 Å². The second-order valence-corrected chi connectivity index (χ2v) is 8.70. The zero-order valence-corrected chi connectivity index (χ0v) is 18.4. The quantitative estimate of drug-likeness (QED) is 0.649. The molecule has 1 saturated heterocycles. The number of carbonyl (C=O) groups is 1. The van der Waals surface area contributed by atoms with E-state index in [1.54, 1.807) is 4.68 Å². The maximum atomic E-state index is 13.5. The van der Waals surface area contributed by atoms with Crippen LogP contribution in [0.4, 0.5) is 0 Å². The number of carbonyl (C=O) groups excluding carboxylic acids is 1. The van der Waals surface area contributed by atoms with Gasteiger partial charge in [-0.25, -0.2) is 4.98 Å². The van der Waals surface area contributed by atoms with Gasteiger partial charge < -0.3 is 9.80 Å². The van der Waals surface area contributed by atoms with Crippen LogP contribution in [-0.4, -0.2) is 64.2 Å². The summed E-state index contributed by atoms with van der Waals surface area (Å²) in [6, 6.07) is 9.88. The Hall–Kier alpha value is -2.73. The van der Waals surface area contributed by atoms with Gasteiger partial charge >= 0.3 is 0 Å². The molecule has 158 valence electrons. The average Bonchev–Trinajstić information content (AvgIpc) is 3.09. The Kier molecular flexibility index (Phi) is 5.86. The van der Waals surface area contributed by atoms with E-state index in [0.717, 1.165) is 65.9 Å². The highest BCUT2D eigenvalue weighted by molar-refractivity contribution is 6.07. The lowest BCUT2D eigenvalue weighted by atomic mass is 9.92. The van der Waals surface area contributed by atoms with E-state index < -0.39 is 0 Å². The van der Waals surface area contributed by atoms with Crippen LogP contribution in [0, 0.1) is 12.8 Å². The van der Waals surface area contributed by atoms with E-state index >= 15 is 0 Å². The van der Waals surface area contributed by atoms with Gasteiger partial charge in [-0.05, 0) is 64.9 Å². The van der Waals surface area contributed by atoms with Crippen molar-refractivity contribution in [1.82, 2.24) is 24.6 Å². The monoisotopic (exact) mass is 405 g/mol. The fourth-order valence-corrected chi connectivity index (χ4v) is 4.38. The number of nitrogens with zero attached hydrogens (tertiary/aromatic N) is 5. The van der Waals surface area contributed by atoms with E-state index in [0.29, 0.717) is 5.92 Å². The second-order valence-electron chi connectivity index (χ2n) is 8.70. The maximum Gasteiger partial charge on any atom is 0.254 e. The molecular formula is C24H31N5O. The number of aryl methyl sites for hydroxylation is 2. The third-order valence-electron chi connectivity index (χ3n) is 6.12. The van der Waals surface area contributed by atoms with Crippen LogP contribution in [0.1, 0.15) is 35.3 Å². The van der Waals surface area contributed by atoms with Crippen LogP contribution in [0.5, 0.6) is 0 Å².